The summed E-state index contributed by atoms with van der Waals surface area (Å²) >= 11 is 0. The van der Waals surface area contributed by atoms with Gasteiger partial charge in [-0.15, -0.1) is 0 Å². The van der Waals surface area contributed by atoms with Gasteiger partial charge in [-0.2, -0.15) is 24.0 Å². The summed E-state index contributed by atoms with van der Waals surface area (Å²) in [4.78, 5) is 60.6. The van der Waals surface area contributed by atoms with Crippen molar-refractivity contribution in [2.75, 3.05) is 21.3 Å². The maximum Gasteiger partial charge on any atom is 0.608 e. The highest BCUT2D eigenvalue weighted by molar-refractivity contribution is 5.92. The molecule has 566 valence electrons. The molecule has 0 bridgehead atoms. The number of aryl methyl sites for hydroxylation is 15. The van der Waals surface area contributed by atoms with Crippen molar-refractivity contribution in [1.29, 1.82) is 0 Å². The third-order valence-corrected chi connectivity index (χ3v) is 18.5. The van der Waals surface area contributed by atoms with Crippen LogP contribution in [0.25, 0.3) is 0 Å². The lowest BCUT2D eigenvalue weighted by Gasteiger charge is -2.12. The normalized spacial score (nSPS) is 15.0. The number of hydrogen-bond donors (Lipinski definition) is 0. The SMILES string of the molecule is COc1cc(/C=[N+]2/C(=O)Oc3c(C)cc(C)cc32)cc(OC)c1OC.Cc1cc(C)c(/C=[N+]2/C(=O)Oc3c(C)cc(C)cc32)c(C)c1.Cc1cc(C)c2c(c1)/[N+](=C\c1c(F)c(F)c(F)c(F)c1F)C(=O)O2.Cc1cc(C)c2c(c1)/[N+](=C\c1ccccc1)C(=O)O2.Cc1ccc(C)c(/C=[N+]2/C(=O)Oc3c(C)cc(C)cc32)c1. The van der Waals surface area contributed by atoms with E-state index in [1.807, 2.05) is 161 Å². The molecular weight excluding hydrogens is 1430 g/mol. The van der Waals surface area contributed by atoms with Gasteiger partial charge in [-0.1, -0.05) is 107 Å². The van der Waals surface area contributed by atoms with E-state index in [1.165, 1.54) is 21.8 Å². The molecular formula is C88H81F5N5O13+5. The minimum Gasteiger partial charge on any atom is -0.493 e. The van der Waals surface area contributed by atoms with Crippen molar-refractivity contribution >= 4 is 90.0 Å². The van der Waals surface area contributed by atoms with Crippen molar-refractivity contribution in [3.63, 3.8) is 0 Å². The predicted molar refractivity (Wildman–Crippen MR) is 410 cm³/mol. The van der Waals surface area contributed by atoms with Gasteiger partial charge in [0.15, 0.2) is 65.8 Å². The van der Waals surface area contributed by atoms with Gasteiger partial charge in [-0.3, -0.25) is 0 Å². The Balaban J connectivity index is 0.000000138. The van der Waals surface area contributed by atoms with Gasteiger partial charge in [0, 0.05) is 52.6 Å². The summed E-state index contributed by atoms with van der Waals surface area (Å²) in [6, 6.07) is 42.8. The van der Waals surface area contributed by atoms with Crippen LogP contribution in [-0.4, -0.2) is 106 Å². The molecule has 0 atom stereocenters. The number of halogens is 5. The van der Waals surface area contributed by atoms with Crippen LogP contribution in [0.1, 0.15) is 111 Å². The second-order valence-electron chi connectivity index (χ2n) is 27.5. The molecule has 5 heterocycles. The van der Waals surface area contributed by atoms with Gasteiger partial charge in [-0.05, 0) is 207 Å². The number of ether oxygens (including phenoxy) is 8. The summed E-state index contributed by atoms with van der Waals surface area (Å²) in [5, 5.41) is 0. The topological polar surface area (TPSA) is 174 Å². The smallest absolute Gasteiger partial charge is 0.493 e. The number of methoxy groups -OCH3 is 3. The highest BCUT2D eigenvalue weighted by Gasteiger charge is 2.43. The van der Waals surface area contributed by atoms with Crippen LogP contribution >= 0.6 is 0 Å². The molecule has 5 amide bonds. The first-order valence-corrected chi connectivity index (χ1v) is 35.0. The molecule has 0 saturated heterocycles. The second kappa shape index (κ2) is 32.4. The zero-order valence-corrected chi connectivity index (χ0v) is 64.5. The Morgan fingerprint density at radius 1 is 0.279 bits per heavy atom. The van der Waals surface area contributed by atoms with Crippen LogP contribution in [-0.2, 0) is 0 Å². The standard InChI is InChI=1S/C19H20NO5.C19H20NO2.C18H18NO2.C16H9F5NO2.C16H14NO2/c1-11-6-12(2)17-14(7-11)20(19(21)25-17)10-13-8-15(22-3)18(24-5)16(9-13)23-4;1-11-6-13(3)16(14(4)7-11)10-20-17-9-12(2)8-15(5)18(17)22-19(20)21;1-11-5-6-13(3)15(8-11)10-19-16-9-12(2)7-14(4)17(16)21-18(19)20;1-6-3-7(2)15-9(4-6)22(16(23)24-15)5-8-10(17)12(19)14(21)13(20)11(8)18;1-11-8-12(2)15-14(9-11)17(16(18)19-15)10-13-6-4-3-5-7-13/h6-10H,1-5H3;6-10H,1-5H3;5-10H,1-4H3;3-5H,1-2H3;3-10H,1-2H3/q5*+1/b2*20-10+;19-10+;22-5+;17-10+. The molecule has 0 spiro atoms. The predicted octanol–water partition coefficient (Wildman–Crippen LogP) is 20.2. The number of carbonyl (C=O) groups is 5. The number of carbonyl (C=O) groups excluding carboxylic acids is 5. The first kappa shape index (κ1) is 79.0. The molecule has 10 aromatic carbocycles. The van der Waals surface area contributed by atoms with Gasteiger partial charge >= 0.3 is 30.5 Å². The summed E-state index contributed by atoms with van der Waals surface area (Å²) in [6.45, 7) is 29.5. The number of benzene rings is 10. The van der Waals surface area contributed by atoms with E-state index in [9.17, 15) is 45.9 Å². The molecule has 5 aliphatic rings. The van der Waals surface area contributed by atoms with Crippen LogP contribution in [0, 0.1) is 133 Å². The lowest BCUT2D eigenvalue weighted by atomic mass is 10.0. The molecule has 18 nitrogen and oxygen atoms in total. The third kappa shape index (κ3) is 16.5. The Labute approximate surface area is 638 Å². The highest BCUT2D eigenvalue weighted by atomic mass is 19.2. The van der Waals surface area contributed by atoms with Crippen molar-refractivity contribution < 1.29 is 107 Å². The zero-order valence-electron chi connectivity index (χ0n) is 64.5. The highest BCUT2D eigenvalue weighted by Crippen LogP contribution is 2.44. The summed E-state index contributed by atoms with van der Waals surface area (Å²) in [6.07, 6.45) is 5.26. The fourth-order valence-electron chi connectivity index (χ4n) is 13.4. The van der Waals surface area contributed by atoms with Gasteiger partial charge in [0.1, 0.15) is 5.56 Å². The van der Waals surface area contributed by atoms with Crippen molar-refractivity contribution in [3.8, 4) is 46.0 Å². The minimum atomic E-state index is -2.27. The third-order valence-electron chi connectivity index (χ3n) is 18.5. The number of nitrogens with zero attached hydrogens (tertiary/aromatic N) is 5. The Morgan fingerprint density at radius 3 is 0.919 bits per heavy atom. The molecule has 0 aliphatic carbocycles. The van der Waals surface area contributed by atoms with Gasteiger partial charge in [0.2, 0.25) is 40.3 Å². The van der Waals surface area contributed by atoms with Crippen molar-refractivity contribution in [2.24, 2.45) is 0 Å². The van der Waals surface area contributed by atoms with Gasteiger partial charge in [0.05, 0.1) is 21.3 Å². The molecule has 0 radical (unpaired) electrons. The van der Waals surface area contributed by atoms with Gasteiger partial charge in [0.25, 0.3) is 28.4 Å². The van der Waals surface area contributed by atoms with E-state index in [2.05, 4.69) is 51.1 Å². The monoisotopic (exact) mass is 1510 g/mol. The van der Waals surface area contributed by atoms with Crippen molar-refractivity contribution in [1.82, 2.24) is 0 Å². The lowest BCUT2D eigenvalue weighted by Crippen LogP contribution is -2.17. The van der Waals surface area contributed by atoms with E-state index >= 15 is 0 Å². The largest absolute Gasteiger partial charge is 0.608 e. The molecule has 111 heavy (non-hydrogen) atoms. The lowest BCUT2D eigenvalue weighted by molar-refractivity contribution is -0.328. The molecule has 23 heteroatoms. The molecule has 0 N–H and O–H groups in total. The van der Waals surface area contributed by atoms with Crippen molar-refractivity contribution in [3.05, 3.63) is 274 Å². The van der Waals surface area contributed by atoms with E-state index < -0.39 is 46.8 Å². The van der Waals surface area contributed by atoms with Crippen LogP contribution in [0.15, 0.2) is 133 Å². The van der Waals surface area contributed by atoms with E-state index in [-0.39, 0.29) is 29.7 Å². The van der Waals surface area contributed by atoms with E-state index in [0.29, 0.717) is 56.6 Å². The number of hydrogen-bond acceptors (Lipinski definition) is 13. The molecule has 5 aliphatic heterocycles. The maximum absolute atomic E-state index is 13.8. The molecule has 15 rings (SSSR count). The number of rotatable bonds is 8. The summed E-state index contributed by atoms with van der Waals surface area (Å²) in [5.74, 6) is -6.26. The van der Waals surface area contributed by atoms with E-state index in [0.717, 1.165) is 112 Å². The van der Waals surface area contributed by atoms with E-state index in [4.69, 9.17) is 37.9 Å². The fourth-order valence-corrected chi connectivity index (χ4v) is 13.4. The van der Waals surface area contributed by atoms with Crippen LogP contribution in [0.3, 0.4) is 0 Å². The van der Waals surface area contributed by atoms with Crippen molar-refractivity contribution in [2.45, 2.75) is 104 Å². The fraction of sp³-hybridized carbons (Fsp3) is 0.205. The minimum absolute atomic E-state index is 0.154. The molecule has 10 aromatic rings. The number of fused-ring (bicyclic) bond motifs is 5. The Morgan fingerprint density at radius 2 is 0.577 bits per heavy atom. The molecule has 0 unspecified atom stereocenters. The van der Waals surface area contributed by atoms with Crippen LogP contribution in [0.4, 0.5) is 74.4 Å². The van der Waals surface area contributed by atoms with Gasteiger partial charge in [-0.25, -0.2) is 22.0 Å². The number of amides is 5. The average Bonchev–Trinajstić information content (AvgIpc) is 1.69. The van der Waals surface area contributed by atoms with Crippen LogP contribution < -0.4 is 37.9 Å². The second-order valence-corrected chi connectivity index (χ2v) is 27.5. The quantitative estimate of drug-likeness (QED) is 0.0609. The van der Waals surface area contributed by atoms with Gasteiger partial charge < -0.3 is 37.9 Å². The van der Waals surface area contributed by atoms with Crippen LogP contribution in [0.2, 0.25) is 0 Å². The zero-order chi connectivity index (χ0) is 80.5. The first-order chi connectivity index (χ1) is 52.7. The Bertz CT molecular complexity index is 5690. The molecule has 0 aromatic heterocycles. The maximum atomic E-state index is 13.8. The summed E-state index contributed by atoms with van der Waals surface area (Å²) in [5.41, 5.74) is 21.3. The molecule has 0 saturated carbocycles. The van der Waals surface area contributed by atoms with Crippen LogP contribution in [0.5, 0.6) is 46.0 Å². The summed E-state index contributed by atoms with van der Waals surface area (Å²) in [7, 11) is 4.64. The average molecular weight is 1510 g/mol. The summed E-state index contributed by atoms with van der Waals surface area (Å²) < 4.78 is 117. The Kier molecular flexibility index (Phi) is 23.1. The first-order valence-electron chi connectivity index (χ1n) is 35.0. The van der Waals surface area contributed by atoms with E-state index in [1.54, 1.807) is 79.5 Å². The molecule has 0 fully saturated rings. The Hall–Kier alpha value is -13.1.